The molecule has 4 nitrogen and oxygen atoms in total. The van der Waals surface area contributed by atoms with Gasteiger partial charge in [-0.05, 0) is 19.1 Å². The molecule has 5 heteroatoms. The van der Waals surface area contributed by atoms with Gasteiger partial charge in [-0.15, -0.1) is 11.6 Å². The molecule has 1 unspecified atom stereocenters. The zero-order valence-corrected chi connectivity index (χ0v) is 12.6. The van der Waals surface area contributed by atoms with Crippen LogP contribution in [0.4, 0.5) is 5.69 Å². The van der Waals surface area contributed by atoms with Gasteiger partial charge < -0.3 is 5.32 Å². The van der Waals surface area contributed by atoms with Crippen molar-refractivity contribution in [3.8, 4) is 0 Å². The van der Waals surface area contributed by atoms with E-state index < -0.39 is 22.9 Å². The van der Waals surface area contributed by atoms with E-state index in [-0.39, 0.29) is 0 Å². The number of alkyl halides is 1. The van der Waals surface area contributed by atoms with Gasteiger partial charge in [0.25, 0.3) is 5.91 Å². The second kappa shape index (κ2) is 7.00. The molecule has 0 aliphatic rings. The summed E-state index contributed by atoms with van der Waals surface area (Å²) in [7, 11) is 0. The van der Waals surface area contributed by atoms with Crippen molar-refractivity contribution in [3.05, 3.63) is 65.7 Å². The summed E-state index contributed by atoms with van der Waals surface area (Å²) in [4.78, 5) is 35.9. The number of hydrogen-bond donors (Lipinski definition) is 1. The highest BCUT2D eigenvalue weighted by Crippen LogP contribution is 2.12. The van der Waals surface area contributed by atoms with Crippen LogP contribution in [0.1, 0.15) is 15.9 Å². The monoisotopic (exact) mass is 315 g/mol. The summed E-state index contributed by atoms with van der Waals surface area (Å²) in [5.41, 5.74) is 1.79. The van der Waals surface area contributed by atoms with Gasteiger partial charge in [-0.3, -0.25) is 14.4 Å². The van der Waals surface area contributed by atoms with Gasteiger partial charge in [-0.25, -0.2) is 0 Å². The Balaban J connectivity index is 2.05. The average Bonchev–Trinajstić information content (AvgIpc) is 2.55. The van der Waals surface area contributed by atoms with E-state index in [9.17, 15) is 14.4 Å². The lowest BCUT2D eigenvalue weighted by Crippen LogP contribution is -2.35. The molecule has 0 aliphatic heterocycles. The third kappa shape index (κ3) is 3.80. The number of anilines is 1. The Morgan fingerprint density at radius 1 is 0.955 bits per heavy atom. The zero-order valence-electron chi connectivity index (χ0n) is 11.9. The van der Waals surface area contributed by atoms with Gasteiger partial charge in [0.1, 0.15) is 0 Å². The van der Waals surface area contributed by atoms with Crippen molar-refractivity contribution in [3.63, 3.8) is 0 Å². The van der Waals surface area contributed by atoms with Gasteiger partial charge in [0.2, 0.25) is 5.78 Å². The Morgan fingerprint density at radius 3 is 2.14 bits per heavy atom. The number of Topliss-reactive ketones (excluding diaryl/α,β-unsaturated/α-hetero) is 2. The Hall–Kier alpha value is -2.46. The largest absolute Gasteiger partial charge is 0.319 e. The first kappa shape index (κ1) is 15.9. The Bertz CT molecular complexity index is 696. The Kier molecular flexibility index (Phi) is 5.07. The quantitative estimate of drug-likeness (QED) is 0.399. The third-order valence-corrected chi connectivity index (χ3v) is 3.45. The Labute approximate surface area is 133 Å². The van der Waals surface area contributed by atoms with Crippen LogP contribution in [0.3, 0.4) is 0 Å². The van der Waals surface area contributed by atoms with E-state index >= 15 is 0 Å². The van der Waals surface area contributed by atoms with Crippen molar-refractivity contribution in [1.82, 2.24) is 0 Å². The fraction of sp³-hybridized carbons (Fsp3) is 0.118. The van der Waals surface area contributed by atoms with Gasteiger partial charge in [0.15, 0.2) is 11.2 Å². The number of amides is 1. The molecular weight excluding hydrogens is 302 g/mol. The molecule has 1 N–H and O–H groups in total. The fourth-order valence-corrected chi connectivity index (χ4v) is 2.04. The SMILES string of the molecule is Cc1ccc(NC(=O)C(=O)C(Cl)C(=O)c2ccccc2)cc1. The topological polar surface area (TPSA) is 63.2 Å². The summed E-state index contributed by atoms with van der Waals surface area (Å²) in [5.74, 6) is -2.48. The lowest BCUT2D eigenvalue weighted by Gasteiger charge is -2.08. The number of rotatable bonds is 5. The average molecular weight is 316 g/mol. The lowest BCUT2D eigenvalue weighted by atomic mass is 10.1. The summed E-state index contributed by atoms with van der Waals surface area (Å²) >= 11 is 5.84. The molecule has 0 radical (unpaired) electrons. The van der Waals surface area contributed by atoms with E-state index in [0.717, 1.165) is 5.56 Å². The maximum atomic E-state index is 12.1. The molecule has 1 amide bonds. The predicted octanol–water partition coefficient (Wildman–Crippen LogP) is 2.99. The molecule has 2 aromatic rings. The maximum absolute atomic E-state index is 12.1. The Morgan fingerprint density at radius 2 is 1.55 bits per heavy atom. The maximum Gasteiger partial charge on any atom is 0.293 e. The molecule has 0 aromatic heterocycles. The van der Waals surface area contributed by atoms with Crippen LogP contribution < -0.4 is 5.32 Å². The van der Waals surface area contributed by atoms with E-state index in [1.807, 2.05) is 6.92 Å². The number of aryl methyl sites for hydroxylation is 1. The molecule has 2 rings (SSSR count). The first-order valence-corrected chi connectivity index (χ1v) is 7.08. The second-order valence-corrected chi connectivity index (χ2v) is 5.21. The number of ketones is 2. The molecule has 0 saturated carbocycles. The molecule has 22 heavy (non-hydrogen) atoms. The van der Waals surface area contributed by atoms with E-state index in [4.69, 9.17) is 11.6 Å². The molecule has 0 aliphatic carbocycles. The molecule has 0 heterocycles. The summed E-state index contributed by atoms with van der Waals surface area (Å²) < 4.78 is 0. The number of carbonyl (C=O) groups excluding carboxylic acids is 3. The number of nitrogens with one attached hydrogen (secondary N) is 1. The minimum Gasteiger partial charge on any atom is -0.319 e. The second-order valence-electron chi connectivity index (χ2n) is 4.78. The standard InChI is InChI=1S/C17H14ClNO3/c1-11-7-9-13(10-8-11)19-17(22)16(21)14(18)15(20)12-5-3-2-4-6-12/h2-10,14H,1H3,(H,19,22). The van der Waals surface area contributed by atoms with Crippen molar-refractivity contribution >= 4 is 34.8 Å². The smallest absolute Gasteiger partial charge is 0.293 e. The van der Waals surface area contributed by atoms with Crippen LogP contribution in [-0.4, -0.2) is 22.9 Å². The number of carbonyl (C=O) groups is 3. The van der Waals surface area contributed by atoms with Crippen LogP contribution in [0, 0.1) is 6.92 Å². The van der Waals surface area contributed by atoms with Crippen LogP contribution in [0.25, 0.3) is 0 Å². The fourth-order valence-electron chi connectivity index (χ4n) is 1.81. The summed E-state index contributed by atoms with van der Waals surface area (Å²) in [6.45, 7) is 1.91. The highest BCUT2D eigenvalue weighted by Gasteiger charge is 2.30. The van der Waals surface area contributed by atoms with Crippen molar-refractivity contribution in [2.24, 2.45) is 0 Å². The predicted molar refractivity (Wildman–Crippen MR) is 85.2 cm³/mol. The normalized spacial score (nSPS) is 11.5. The minimum atomic E-state index is -1.53. The number of halogens is 1. The minimum absolute atomic E-state index is 0.291. The van der Waals surface area contributed by atoms with E-state index in [0.29, 0.717) is 11.3 Å². The van der Waals surface area contributed by atoms with E-state index in [2.05, 4.69) is 5.32 Å². The summed E-state index contributed by atoms with van der Waals surface area (Å²) in [5, 5.41) is 0.897. The van der Waals surface area contributed by atoms with Gasteiger partial charge in [0.05, 0.1) is 0 Å². The zero-order chi connectivity index (χ0) is 16.1. The highest BCUT2D eigenvalue weighted by molar-refractivity contribution is 6.58. The van der Waals surface area contributed by atoms with Gasteiger partial charge in [-0.1, -0.05) is 48.0 Å². The van der Waals surface area contributed by atoms with Crippen LogP contribution in [-0.2, 0) is 9.59 Å². The van der Waals surface area contributed by atoms with Crippen molar-refractivity contribution in [2.75, 3.05) is 5.32 Å². The van der Waals surface area contributed by atoms with Crippen molar-refractivity contribution in [2.45, 2.75) is 12.3 Å². The molecule has 0 bridgehead atoms. The molecule has 0 fully saturated rings. The van der Waals surface area contributed by atoms with Gasteiger partial charge in [0, 0.05) is 11.3 Å². The molecule has 1 atom stereocenters. The van der Waals surface area contributed by atoms with E-state index in [1.54, 1.807) is 54.6 Å². The first-order chi connectivity index (χ1) is 10.5. The molecule has 0 spiro atoms. The van der Waals surface area contributed by atoms with Crippen molar-refractivity contribution in [1.29, 1.82) is 0 Å². The van der Waals surface area contributed by atoms with E-state index in [1.165, 1.54) is 0 Å². The third-order valence-electron chi connectivity index (χ3n) is 3.05. The van der Waals surface area contributed by atoms with Crippen LogP contribution in [0.2, 0.25) is 0 Å². The summed E-state index contributed by atoms with van der Waals surface area (Å²) in [6, 6.07) is 15.1. The van der Waals surface area contributed by atoms with Gasteiger partial charge >= 0.3 is 0 Å². The van der Waals surface area contributed by atoms with Gasteiger partial charge in [-0.2, -0.15) is 0 Å². The number of hydrogen-bond acceptors (Lipinski definition) is 3. The molecule has 0 saturated heterocycles. The highest BCUT2D eigenvalue weighted by atomic mass is 35.5. The van der Waals surface area contributed by atoms with Crippen LogP contribution in [0.15, 0.2) is 54.6 Å². The lowest BCUT2D eigenvalue weighted by molar-refractivity contribution is -0.134. The van der Waals surface area contributed by atoms with Crippen LogP contribution >= 0.6 is 11.6 Å². The number of benzene rings is 2. The van der Waals surface area contributed by atoms with Crippen molar-refractivity contribution < 1.29 is 14.4 Å². The van der Waals surface area contributed by atoms with Crippen LogP contribution in [0.5, 0.6) is 0 Å². The summed E-state index contributed by atoms with van der Waals surface area (Å²) in [6.07, 6.45) is 0. The first-order valence-electron chi connectivity index (χ1n) is 6.64. The molecular formula is C17H14ClNO3. The molecule has 2 aromatic carbocycles. The molecule has 112 valence electrons.